The lowest BCUT2D eigenvalue weighted by Crippen LogP contribution is -2.68. The van der Waals surface area contributed by atoms with E-state index in [4.69, 9.17) is 5.73 Å². The SMILES string of the molecule is CC(C)(C)N1CC/C(=C\C2=C(C(=O)O)N3C(=O)C(N)C3SC2)C1=O. The van der Waals surface area contributed by atoms with Crippen molar-refractivity contribution in [2.24, 2.45) is 5.73 Å². The number of carbonyl (C=O) groups is 3. The first-order valence-corrected chi connectivity index (χ1v) is 8.87. The molecule has 2 unspecified atom stereocenters. The molecule has 0 aromatic heterocycles. The number of carboxylic acid groups (broad SMARTS) is 1. The zero-order valence-corrected chi connectivity index (χ0v) is 14.7. The van der Waals surface area contributed by atoms with E-state index >= 15 is 0 Å². The van der Waals surface area contributed by atoms with Gasteiger partial charge in [-0.3, -0.25) is 14.5 Å². The van der Waals surface area contributed by atoms with Gasteiger partial charge in [0.25, 0.3) is 0 Å². The van der Waals surface area contributed by atoms with E-state index in [1.54, 1.807) is 11.0 Å². The molecule has 3 rings (SSSR count). The second-order valence-electron chi connectivity index (χ2n) is 7.16. The lowest BCUT2D eigenvalue weighted by molar-refractivity contribution is -0.147. The number of aliphatic carboxylic acids is 1. The quantitative estimate of drug-likeness (QED) is 0.555. The first kappa shape index (κ1) is 17.0. The van der Waals surface area contributed by atoms with Crippen molar-refractivity contribution in [2.75, 3.05) is 12.3 Å². The van der Waals surface area contributed by atoms with Crippen LogP contribution in [0.1, 0.15) is 27.2 Å². The van der Waals surface area contributed by atoms with Crippen LogP contribution in [0.2, 0.25) is 0 Å². The molecule has 2 atom stereocenters. The van der Waals surface area contributed by atoms with E-state index in [0.29, 0.717) is 29.9 Å². The number of fused-ring (bicyclic) bond motifs is 1. The molecule has 0 spiro atoms. The van der Waals surface area contributed by atoms with E-state index < -0.39 is 12.0 Å². The number of hydrogen-bond acceptors (Lipinski definition) is 5. The summed E-state index contributed by atoms with van der Waals surface area (Å²) in [4.78, 5) is 39.2. The van der Waals surface area contributed by atoms with Crippen molar-refractivity contribution in [2.45, 2.75) is 44.1 Å². The molecule has 7 nitrogen and oxygen atoms in total. The fourth-order valence-corrected chi connectivity index (χ4v) is 4.50. The Balaban J connectivity index is 1.95. The summed E-state index contributed by atoms with van der Waals surface area (Å²) < 4.78 is 0. The van der Waals surface area contributed by atoms with E-state index in [0.717, 1.165) is 0 Å². The van der Waals surface area contributed by atoms with Crippen LogP contribution in [0.15, 0.2) is 22.9 Å². The van der Waals surface area contributed by atoms with Crippen LogP contribution >= 0.6 is 11.8 Å². The molecule has 130 valence electrons. The highest BCUT2D eigenvalue weighted by atomic mass is 32.2. The minimum atomic E-state index is -1.16. The van der Waals surface area contributed by atoms with Gasteiger partial charge in [0.15, 0.2) is 0 Å². The molecule has 3 aliphatic heterocycles. The molecule has 0 aromatic rings. The van der Waals surface area contributed by atoms with Gasteiger partial charge in [-0.25, -0.2) is 4.79 Å². The maximum absolute atomic E-state index is 12.6. The molecule has 0 saturated carbocycles. The first-order valence-electron chi connectivity index (χ1n) is 7.82. The maximum atomic E-state index is 12.6. The molecule has 3 N–H and O–H groups in total. The number of hydrogen-bond donors (Lipinski definition) is 2. The second-order valence-corrected chi connectivity index (χ2v) is 8.27. The van der Waals surface area contributed by atoms with Crippen LogP contribution in [-0.4, -0.2) is 61.9 Å². The molecule has 24 heavy (non-hydrogen) atoms. The third-order valence-corrected chi connectivity index (χ3v) is 5.85. The number of amides is 2. The van der Waals surface area contributed by atoms with Crippen LogP contribution in [0.25, 0.3) is 0 Å². The Morgan fingerprint density at radius 1 is 1.38 bits per heavy atom. The normalized spacial score (nSPS) is 29.2. The maximum Gasteiger partial charge on any atom is 0.352 e. The van der Waals surface area contributed by atoms with Crippen molar-refractivity contribution < 1.29 is 19.5 Å². The van der Waals surface area contributed by atoms with Gasteiger partial charge in [-0.05, 0) is 38.8 Å². The number of β-lactam (4-membered cyclic amide) rings is 1. The van der Waals surface area contributed by atoms with Crippen LogP contribution in [0, 0.1) is 0 Å². The molecule has 3 heterocycles. The number of nitrogens with zero attached hydrogens (tertiary/aromatic N) is 2. The number of likely N-dealkylation sites (tertiary alicyclic amines) is 1. The van der Waals surface area contributed by atoms with E-state index in [1.165, 1.54) is 16.7 Å². The van der Waals surface area contributed by atoms with Crippen molar-refractivity contribution in [3.63, 3.8) is 0 Å². The van der Waals surface area contributed by atoms with E-state index in [9.17, 15) is 19.5 Å². The van der Waals surface area contributed by atoms with Gasteiger partial charge >= 0.3 is 5.97 Å². The summed E-state index contributed by atoms with van der Waals surface area (Å²) in [6.07, 6.45) is 2.23. The second kappa shape index (κ2) is 5.63. The monoisotopic (exact) mass is 351 g/mol. The van der Waals surface area contributed by atoms with Crippen LogP contribution < -0.4 is 5.73 Å². The summed E-state index contributed by atoms with van der Waals surface area (Å²) >= 11 is 1.43. The van der Waals surface area contributed by atoms with Crippen molar-refractivity contribution in [1.29, 1.82) is 0 Å². The highest BCUT2D eigenvalue weighted by Gasteiger charge is 2.51. The van der Waals surface area contributed by atoms with Gasteiger partial charge in [0.2, 0.25) is 11.8 Å². The summed E-state index contributed by atoms with van der Waals surface area (Å²) in [5.41, 5.74) is 6.51. The molecule has 0 bridgehead atoms. The topological polar surface area (TPSA) is 104 Å². The Morgan fingerprint density at radius 2 is 2.04 bits per heavy atom. The van der Waals surface area contributed by atoms with Gasteiger partial charge in [-0.15, -0.1) is 11.8 Å². The minimum Gasteiger partial charge on any atom is -0.477 e. The summed E-state index contributed by atoms with van der Waals surface area (Å²) in [6.45, 7) is 6.53. The number of allylic oxidation sites excluding steroid dienone is 1. The lowest BCUT2D eigenvalue weighted by atomic mass is 10.0. The third-order valence-electron chi connectivity index (χ3n) is 4.52. The van der Waals surface area contributed by atoms with Crippen molar-refractivity contribution >= 4 is 29.5 Å². The van der Waals surface area contributed by atoms with E-state index in [1.807, 2.05) is 20.8 Å². The number of carboxylic acids is 1. The van der Waals surface area contributed by atoms with Crippen LogP contribution in [-0.2, 0) is 14.4 Å². The Kier molecular flexibility index (Phi) is 4.00. The molecule has 0 aromatic carbocycles. The molecular formula is C16H21N3O4S. The lowest BCUT2D eigenvalue weighted by Gasteiger charge is -2.47. The van der Waals surface area contributed by atoms with Crippen molar-refractivity contribution in [3.05, 3.63) is 22.9 Å². The molecule has 0 aliphatic carbocycles. The summed E-state index contributed by atoms with van der Waals surface area (Å²) in [5, 5.41) is 9.21. The molecular weight excluding hydrogens is 330 g/mol. The molecule has 2 saturated heterocycles. The van der Waals surface area contributed by atoms with Gasteiger partial charge in [-0.1, -0.05) is 0 Å². The zero-order chi connectivity index (χ0) is 17.8. The molecule has 3 aliphatic rings. The predicted octanol–water partition coefficient (Wildman–Crippen LogP) is 0.525. The number of carbonyl (C=O) groups excluding carboxylic acids is 2. The highest BCUT2D eigenvalue weighted by molar-refractivity contribution is 8.00. The fraction of sp³-hybridized carbons (Fsp3) is 0.562. The zero-order valence-electron chi connectivity index (χ0n) is 13.9. The largest absolute Gasteiger partial charge is 0.477 e. The van der Waals surface area contributed by atoms with Crippen LogP contribution in [0.4, 0.5) is 0 Å². The fourth-order valence-electron chi connectivity index (χ4n) is 3.25. The smallest absolute Gasteiger partial charge is 0.352 e. The van der Waals surface area contributed by atoms with Gasteiger partial charge < -0.3 is 15.7 Å². The van der Waals surface area contributed by atoms with Crippen molar-refractivity contribution in [1.82, 2.24) is 9.80 Å². The van der Waals surface area contributed by atoms with Gasteiger partial charge in [-0.2, -0.15) is 0 Å². The van der Waals surface area contributed by atoms with Crippen LogP contribution in [0.5, 0.6) is 0 Å². The standard InChI is InChI=1S/C16H21N3O4S/c1-16(2,3)18-5-4-8(12(18)20)6-9-7-24-14-10(17)13(21)19(14)11(9)15(22)23/h6,10,14H,4-5,7,17H2,1-3H3,(H,22,23)/b8-6+. The van der Waals surface area contributed by atoms with Crippen LogP contribution in [0.3, 0.4) is 0 Å². The first-order chi connectivity index (χ1) is 11.1. The van der Waals surface area contributed by atoms with E-state index in [2.05, 4.69) is 0 Å². The van der Waals surface area contributed by atoms with Gasteiger partial charge in [0.1, 0.15) is 17.1 Å². The molecule has 2 fully saturated rings. The Morgan fingerprint density at radius 3 is 2.58 bits per heavy atom. The Bertz CT molecular complexity index is 692. The summed E-state index contributed by atoms with van der Waals surface area (Å²) in [6, 6.07) is -0.650. The average molecular weight is 351 g/mol. The minimum absolute atomic E-state index is 0.0417. The Labute approximate surface area is 144 Å². The average Bonchev–Trinajstić information content (AvgIpc) is 2.86. The van der Waals surface area contributed by atoms with E-state index in [-0.39, 0.29) is 28.4 Å². The highest BCUT2D eigenvalue weighted by Crippen LogP contribution is 2.40. The molecule has 2 amide bonds. The number of nitrogens with two attached hydrogens (primary N) is 1. The predicted molar refractivity (Wildman–Crippen MR) is 89.9 cm³/mol. The van der Waals surface area contributed by atoms with Gasteiger partial charge in [0, 0.05) is 23.4 Å². The van der Waals surface area contributed by atoms with Gasteiger partial charge in [0.05, 0.1) is 0 Å². The molecule has 8 heteroatoms. The van der Waals surface area contributed by atoms with Crippen molar-refractivity contribution in [3.8, 4) is 0 Å². The summed E-state index contributed by atoms with van der Waals surface area (Å²) in [5.74, 6) is -1.19. The number of thioether (sulfide) groups is 1. The molecule has 0 radical (unpaired) electrons. The summed E-state index contributed by atoms with van der Waals surface area (Å²) in [7, 11) is 0. The number of rotatable bonds is 2. The Hall–Kier alpha value is -1.80. The third kappa shape index (κ3) is 2.53.